The minimum Gasteiger partial charge on any atom is -0.497 e. The van der Waals surface area contributed by atoms with Crippen molar-refractivity contribution in [3.05, 3.63) is 63.9 Å². The van der Waals surface area contributed by atoms with Gasteiger partial charge in [0.1, 0.15) is 11.6 Å². The molecule has 0 aliphatic heterocycles. The molecule has 1 heterocycles. The summed E-state index contributed by atoms with van der Waals surface area (Å²) >= 11 is 13.1. The van der Waals surface area contributed by atoms with Crippen LogP contribution >= 0.6 is 35.0 Å². The molecule has 0 saturated carbocycles. The van der Waals surface area contributed by atoms with E-state index in [1.165, 1.54) is 17.8 Å². The van der Waals surface area contributed by atoms with E-state index in [-0.39, 0.29) is 17.6 Å². The normalized spacial score (nSPS) is 10.6. The average molecular weight is 494 g/mol. The Morgan fingerprint density at radius 2 is 1.94 bits per heavy atom. The van der Waals surface area contributed by atoms with Crippen LogP contribution in [0.1, 0.15) is 16.2 Å². The highest BCUT2D eigenvalue weighted by Gasteiger charge is 2.13. The summed E-state index contributed by atoms with van der Waals surface area (Å²) in [5, 5.41) is 15.2. The number of methoxy groups -OCH3 is 1. The fourth-order valence-electron chi connectivity index (χ4n) is 2.74. The number of carbonyl (C=O) groups excluding carboxylic acids is 2. The lowest BCUT2D eigenvalue weighted by atomic mass is 10.2. The van der Waals surface area contributed by atoms with Crippen molar-refractivity contribution < 1.29 is 14.3 Å². The maximum Gasteiger partial charge on any atom is 0.251 e. The molecule has 0 radical (unpaired) electrons. The maximum absolute atomic E-state index is 12.2. The Labute approximate surface area is 199 Å². The highest BCUT2D eigenvalue weighted by Crippen LogP contribution is 2.22. The average Bonchev–Trinajstić information content (AvgIpc) is 3.13. The number of halogens is 2. The number of carbonyl (C=O) groups is 2. The largest absolute Gasteiger partial charge is 0.497 e. The summed E-state index contributed by atoms with van der Waals surface area (Å²) in [7, 11) is 3.39. The van der Waals surface area contributed by atoms with E-state index in [0.29, 0.717) is 51.0 Å². The Balaban J connectivity index is 1.47. The third kappa shape index (κ3) is 6.38. The van der Waals surface area contributed by atoms with Gasteiger partial charge in [-0.2, -0.15) is 0 Å². The minimum absolute atomic E-state index is 0.165. The zero-order valence-electron chi connectivity index (χ0n) is 17.4. The van der Waals surface area contributed by atoms with Gasteiger partial charge in [-0.25, -0.2) is 0 Å². The predicted molar refractivity (Wildman–Crippen MR) is 126 cm³/mol. The first-order chi connectivity index (χ1) is 15.4. The van der Waals surface area contributed by atoms with Crippen LogP contribution < -0.4 is 15.4 Å². The lowest BCUT2D eigenvalue weighted by Gasteiger charge is -2.08. The molecule has 8 nitrogen and oxygen atoms in total. The van der Waals surface area contributed by atoms with Crippen LogP contribution in [0.3, 0.4) is 0 Å². The van der Waals surface area contributed by atoms with Crippen LogP contribution in [-0.4, -0.2) is 46.0 Å². The van der Waals surface area contributed by atoms with Crippen molar-refractivity contribution in [2.45, 2.75) is 11.6 Å². The molecule has 3 rings (SSSR count). The number of amides is 2. The van der Waals surface area contributed by atoms with E-state index in [2.05, 4.69) is 20.8 Å². The number of rotatable bonds is 9. The highest BCUT2D eigenvalue weighted by molar-refractivity contribution is 7.99. The van der Waals surface area contributed by atoms with Gasteiger partial charge in [0.05, 0.1) is 22.9 Å². The highest BCUT2D eigenvalue weighted by atomic mass is 35.5. The van der Waals surface area contributed by atoms with Crippen LogP contribution in [-0.2, 0) is 18.3 Å². The van der Waals surface area contributed by atoms with Gasteiger partial charge in [0.15, 0.2) is 5.16 Å². The topological polar surface area (TPSA) is 98.1 Å². The zero-order chi connectivity index (χ0) is 23.1. The van der Waals surface area contributed by atoms with E-state index in [1.807, 2.05) is 7.05 Å². The lowest BCUT2D eigenvalue weighted by molar-refractivity contribution is -0.113. The molecule has 0 saturated heterocycles. The molecule has 0 bridgehead atoms. The smallest absolute Gasteiger partial charge is 0.251 e. The summed E-state index contributed by atoms with van der Waals surface area (Å²) in [5.41, 5.74) is 1.09. The molecular formula is C21H21Cl2N5O3S. The number of benzene rings is 2. The predicted octanol–water partition coefficient (Wildman–Crippen LogP) is 3.83. The number of ether oxygens (including phenoxy) is 1. The Hall–Kier alpha value is -2.75. The van der Waals surface area contributed by atoms with Crippen molar-refractivity contribution in [1.82, 2.24) is 20.1 Å². The van der Waals surface area contributed by atoms with Gasteiger partial charge in [-0.3, -0.25) is 9.59 Å². The van der Waals surface area contributed by atoms with Crippen LogP contribution in [0.2, 0.25) is 10.0 Å². The lowest BCUT2D eigenvalue weighted by Crippen LogP contribution is -2.26. The first kappa shape index (κ1) is 23.9. The van der Waals surface area contributed by atoms with Crippen molar-refractivity contribution in [3.8, 4) is 5.75 Å². The fourth-order valence-corrected chi connectivity index (χ4v) is 3.77. The monoisotopic (exact) mass is 493 g/mol. The molecule has 0 aliphatic rings. The number of anilines is 1. The Kier molecular flexibility index (Phi) is 8.38. The van der Waals surface area contributed by atoms with Crippen LogP contribution in [0.5, 0.6) is 5.75 Å². The van der Waals surface area contributed by atoms with E-state index in [0.717, 1.165) is 0 Å². The van der Waals surface area contributed by atoms with Crippen LogP contribution in [0, 0.1) is 0 Å². The fraction of sp³-hybridized carbons (Fsp3) is 0.238. The second kappa shape index (κ2) is 11.2. The standard InChI is InChI=1S/C21H21Cl2N5O3S/c1-28-18(8-9-24-20(30)13-6-7-16(22)17(23)10-13)26-27-21(28)32-12-19(29)25-14-4-3-5-15(11-14)31-2/h3-7,10-11H,8-9,12H2,1-2H3,(H,24,30)(H,25,29). The molecule has 0 spiro atoms. The molecule has 32 heavy (non-hydrogen) atoms. The summed E-state index contributed by atoms with van der Waals surface area (Å²) in [4.78, 5) is 24.5. The van der Waals surface area contributed by atoms with Gasteiger partial charge in [0.25, 0.3) is 5.91 Å². The van der Waals surface area contributed by atoms with Gasteiger partial charge in [0.2, 0.25) is 5.91 Å². The van der Waals surface area contributed by atoms with E-state index < -0.39 is 0 Å². The molecule has 2 amide bonds. The van der Waals surface area contributed by atoms with Gasteiger partial charge in [-0.05, 0) is 30.3 Å². The van der Waals surface area contributed by atoms with E-state index in [1.54, 1.807) is 48.1 Å². The van der Waals surface area contributed by atoms with Gasteiger partial charge in [0, 0.05) is 37.3 Å². The number of hydrogen-bond acceptors (Lipinski definition) is 6. The van der Waals surface area contributed by atoms with Crippen LogP contribution in [0.25, 0.3) is 0 Å². The van der Waals surface area contributed by atoms with Crippen molar-refractivity contribution in [2.75, 3.05) is 24.7 Å². The number of nitrogens with one attached hydrogen (secondary N) is 2. The van der Waals surface area contributed by atoms with Gasteiger partial charge in [-0.1, -0.05) is 41.0 Å². The molecule has 3 aromatic rings. The van der Waals surface area contributed by atoms with E-state index in [4.69, 9.17) is 27.9 Å². The summed E-state index contributed by atoms with van der Waals surface area (Å²) in [6.45, 7) is 0.367. The Morgan fingerprint density at radius 1 is 1.12 bits per heavy atom. The first-order valence-corrected chi connectivity index (χ1v) is 11.3. The summed E-state index contributed by atoms with van der Waals surface area (Å²) < 4.78 is 6.95. The molecule has 0 aliphatic carbocycles. The minimum atomic E-state index is -0.255. The maximum atomic E-state index is 12.2. The molecule has 1 aromatic heterocycles. The molecule has 0 fully saturated rings. The van der Waals surface area contributed by atoms with Crippen LogP contribution in [0.4, 0.5) is 5.69 Å². The van der Waals surface area contributed by atoms with Crippen LogP contribution in [0.15, 0.2) is 47.6 Å². The van der Waals surface area contributed by atoms with Crippen molar-refractivity contribution in [3.63, 3.8) is 0 Å². The number of hydrogen-bond donors (Lipinski definition) is 2. The molecule has 2 N–H and O–H groups in total. The summed E-state index contributed by atoms with van der Waals surface area (Å²) in [6, 6.07) is 11.8. The molecule has 168 valence electrons. The quantitative estimate of drug-likeness (QED) is 0.439. The summed E-state index contributed by atoms with van der Waals surface area (Å²) in [5.74, 6) is 1.11. The third-order valence-electron chi connectivity index (χ3n) is 4.43. The molecule has 0 unspecified atom stereocenters. The van der Waals surface area contributed by atoms with Gasteiger partial charge in [-0.15, -0.1) is 10.2 Å². The van der Waals surface area contributed by atoms with Crippen molar-refractivity contribution in [1.29, 1.82) is 0 Å². The van der Waals surface area contributed by atoms with Crippen molar-refractivity contribution >= 4 is 52.5 Å². The second-order valence-corrected chi connectivity index (χ2v) is 8.42. The zero-order valence-corrected chi connectivity index (χ0v) is 19.7. The second-order valence-electron chi connectivity index (χ2n) is 6.66. The molecule has 0 atom stereocenters. The number of thioether (sulfide) groups is 1. The number of nitrogens with zero attached hydrogens (tertiary/aromatic N) is 3. The summed E-state index contributed by atoms with van der Waals surface area (Å²) in [6.07, 6.45) is 0.479. The van der Waals surface area contributed by atoms with Crippen molar-refractivity contribution in [2.24, 2.45) is 7.05 Å². The SMILES string of the molecule is COc1cccc(NC(=O)CSc2nnc(CCNC(=O)c3ccc(Cl)c(Cl)c3)n2C)c1. The van der Waals surface area contributed by atoms with E-state index >= 15 is 0 Å². The third-order valence-corrected chi connectivity index (χ3v) is 6.19. The first-order valence-electron chi connectivity index (χ1n) is 9.55. The van der Waals surface area contributed by atoms with Gasteiger partial charge < -0.3 is 19.9 Å². The van der Waals surface area contributed by atoms with Gasteiger partial charge >= 0.3 is 0 Å². The van der Waals surface area contributed by atoms with E-state index in [9.17, 15) is 9.59 Å². The molecular weight excluding hydrogens is 473 g/mol. The Bertz CT molecular complexity index is 1120. The number of aromatic nitrogens is 3. The molecule has 2 aromatic carbocycles. The molecule has 11 heteroatoms. The Morgan fingerprint density at radius 3 is 2.69 bits per heavy atom.